The van der Waals surface area contributed by atoms with Crippen molar-refractivity contribution in [3.63, 3.8) is 0 Å². The molecule has 0 unspecified atom stereocenters. The fourth-order valence-electron chi connectivity index (χ4n) is 2.29. The molecular weight excluding hydrogens is 294 g/mol. The molecule has 1 aromatic rings. The lowest BCUT2D eigenvalue weighted by atomic mass is 10.1. The Balaban J connectivity index is 2.22. The van der Waals surface area contributed by atoms with Crippen LogP contribution >= 0.6 is 11.6 Å². The number of nitro groups is 1. The van der Waals surface area contributed by atoms with Crippen LogP contribution in [0, 0.1) is 10.1 Å². The first-order valence-corrected chi connectivity index (χ1v) is 7.01. The number of hydrogen-bond acceptors (Lipinski definition) is 3. The maximum Gasteiger partial charge on any atom is 0.274 e. The maximum absolute atomic E-state index is 10.8. The molecule has 0 radical (unpaired) electrons. The average Bonchev–Trinajstić information content (AvgIpc) is 2.74. The molecule has 1 aliphatic heterocycles. The molecular formula is C13H18ClN5O2. The summed E-state index contributed by atoms with van der Waals surface area (Å²) in [6, 6.07) is 3.57. The zero-order chi connectivity index (χ0) is 15.6. The summed E-state index contributed by atoms with van der Waals surface area (Å²) in [6.07, 6.45) is 1.67. The molecule has 0 atom stereocenters. The van der Waals surface area contributed by atoms with Crippen molar-refractivity contribution in [2.24, 2.45) is 5.10 Å². The number of halogens is 1. The number of nitrogens with zero attached hydrogens (tertiary/aromatic N) is 5. The highest BCUT2D eigenvalue weighted by Crippen LogP contribution is 2.22. The Bertz CT molecular complexity index is 553. The predicted octanol–water partition coefficient (Wildman–Crippen LogP) is 2.20. The van der Waals surface area contributed by atoms with Crippen molar-refractivity contribution in [1.29, 1.82) is 0 Å². The van der Waals surface area contributed by atoms with Gasteiger partial charge in [0.15, 0.2) is 5.03 Å². The van der Waals surface area contributed by atoms with E-state index in [1.54, 1.807) is 12.3 Å². The summed E-state index contributed by atoms with van der Waals surface area (Å²) in [5, 5.41) is 14.1. The molecule has 2 rings (SSSR count). The number of pyridine rings is 1. The second kappa shape index (κ2) is 5.85. The van der Waals surface area contributed by atoms with E-state index in [4.69, 9.17) is 11.6 Å². The third-order valence-corrected chi connectivity index (χ3v) is 3.48. The van der Waals surface area contributed by atoms with Crippen molar-refractivity contribution < 1.29 is 5.03 Å². The smallest absolute Gasteiger partial charge is 0.274 e. The highest BCUT2D eigenvalue weighted by molar-refractivity contribution is 6.29. The van der Waals surface area contributed by atoms with Crippen molar-refractivity contribution in [1.82, 2.24) is 14.8 Å². The van der Waals surface area contributed by atoms with Gasteiger partial charge in [0.25, 0.3) is 5.96 Å². The van der Waals surface area contributed by atoms with Gasteiger partial charge < -0.3 is 9.80 Å². The van der Waals surface area contributed by atoms with Crippen LogP contribution < -0.4 is 0 Å². The molecule has 1 aromatic heterocycles. The summed E-state index contributed by atoms with van der Waals surface area (Å²) in [5.74, 6) is 0.391. The van der Waals surface area contributed by atoms with Gasteiger partial charge in [0.05, 0.1) is 0 Å². The van der Waals surface area contributed by atoms with Gasteiger partial charge in [-0.15, -0.1) is 0 Å². The Morgan fingerprint density at radius 2 is 2.14 bits per heavy atom. The normalized spacial score (nSPS) is 17.6. The summed E-state index contributed by atoms with van der Waals surface area (Å²) in [4.78, 5) is 18.7. The van der Waals surface area contributed by atoms with Crippen LogP contribution in [0.25, 0.3) is 0 Å². The Kier molecular flexibility index (Phi) is 4.32. The van der Waals surface area contributed by atoms with Gasteiger partial charge in [-0.05, 0) is 32.4 Å². The van der Waals surface area contributed by atoms with Crippen molar-refractivity contribution in [3.8, 4) is 0 Å². The molecule has 0 aliphatic carbocycles. The van der Waals surface area contributed by atoms with Crippen LogP contribution in [0.3, 0.4) is 0 Å². The number of rotatable bonds is 3. The molecule has 7 nitrogen and oxygen atoms in total. The van der Waals surface area contributed by atoms with Crippen LogP contribution in [-0.4, -0.2) is 44.4 Å². The van der Waals surface area contributed by atoms with E-state index in [9.17, 15) is 10.1 Å². The largest absolute Gasteiger partial charge is 0.331 e. The average molecular weight is 312 g/mol. The van der Waals surface area contributed by atoms with Gasteiger partial charge in [-0.25, -0.2) is 15.1 Å². The van der Waals surface area contributed by atoms with Crippen molar-refractivity contribution in [2.75, 3.05) is 13.1 Å². The van der Waals surface area contributed by atoms with E-state index in [0.717, 1.165) is 5.56 Å². The summed E-state index contributed by atoms with van der Waals surface area (Å²) in [6.45, 7) is 7.94. The molecule has 0 aromatic carbocycles. The summed E-state index contributed by atoms with van der Waals surface area (Å²) < 4.78 is 0. The Morgan fingerprint density at radius 1 is 1.43 bits per heavy atom. The number of hydrazone groups is 1. The van der Waals surface area contributed by atoms with Gasteiger partial charge in [0.2, 0.25) is 0 Å². The minimum Gasteiger partial charge on any atom is -0.331 e. The van der Waals surface area contributed by atoms with E-state index in [-0.39, 0.29) is 5.54 Å². The second-order valence-electron chi connectivity index (χ2n) is 5.87. The molecule has 21 heavy (non-hydrogen) atoms. The lowest BCUT2D eigenvalue weighted by Crippen LogP contribution is -2.45. The Hall–Kier alpha value is -1.89. The first kappa shape index (κ1) is 15.5. The summed E-state index contributed by atoms with van der Waals surface area (Å²) >= 11 is 5.76. The third-order valence-electron chi connectivity index (χ3n) is 3.26. The maximum atomic E-state index is 10.8. The fourth-order valence-corrected chi connectivity index (χ4v) is 2.40. The molecule has 0 N–H and O–H groups in total. The minimum absolute atomic E-state index is 0.220. The van der Waals surface area contributed by atoms with Crippen LogP contribution in [0.2, 0.25) is 5.15 Å². The molecule has 0 amide bonds. The SMILES string of the molecule is CC(C)(C)N1CCN(Cc2ccc(Cl)nc2)/C1=N\[N+](=O)[O-]. The van der Waals surface area contributed by atoms with E-state index < -0.39 is 5.03 Å². The monoisotopic (exact) mass is 311 g/mol. The van der Waals surface area contributed by atoms with E-state index in [0.29, 0.717) is 30.7 Å². The second-order valence-corrected chi connectivity index (χ2v) is 6.26. The van der Waals surface area contributed by atoms with Crippen molar-refractivity contribution in [3.05, 3.63) is 39.2 Å². The van der Waals surface area contributed by atoms with E-state index in [2.05, 4.69) is 10.1 Å². The predicted molar refractivity (Wildman–Crippen MR) is 80.5 cm³/mol. The molecule has 8 heteroatoms. The van der Waals surface area contributed by atoms with E-state index >= 15 is 0 Å². The molecule has 1 aliphatic rings. The van der Waals surface area contributed by atoms with Crippen molar-refractivity contribution >= 4 is 17.6 Å². The first-order valence-electron chi connectivity index (χ1n) is 6.63. The number of hydrogen-bond donors (Lipinski definition) is 0. The topological polar surface area (TPSA) is 74.9 Å². The van der Waals surface area contributed by atoms with Crippen LogP contribution in [0.5, 0.6) is 0 Å². The molecule has 1 fully saturated rings. The number of aromatic nitrogens is 1. The van der Waals surface area contributed by atoms with Crippen LogP contribution in [0.4, 0.5) is 0 Å². The van der Waals surface area contributed by atoms with Gasteiger partial charge >= 0.3 is 0 Å². The zero-order valence-electron chi connectivity index (χ0n) is 12.3. The Morgan fingerprint density at radius 3 is 2.67 bits per heavy atom. The molecule has 2 heterocycles. The van der Waals surface area contributed by atoms with Crippen LogP contribution in [-0.2, 0) is 6.54 Å². The van der Waals surface area contributed by atoms with Crippen molar-refractivity contribution in [2.45, 2.75) is 32.9 Å². The summed E-state index contributed by atoms with van der Waals surface area (Å²) in [7, 11) is 0. The minimum atomic E-state index is -0.646. The van der Waals surface area contributed by atoms with Gasteiger partial charge in [-0.3, -0.25) is 0 Å². The molecule has 114 valence electrons. The molecule has 1 saturated heterocycles. The van der Waals surface area contributed by atoms with E-state index in [1.807, 2.05) is 36.6 Å². The third kappa shape index (κ3) is 3.81. The van der Waals surface area contributed by atoms with Gasteiger partial charge in [-0.2, -0.15) is 0 Å². The fraction of sp³-hybridized carbons (Fsp3) is 0.538. The quantitative estimate of drug-likeness (QED) is 0.486. The Labute approximate surface area is 128 Å². The first-order chi connectivity index (χ1) is 9.77. The molecule has 0 saturated carbocycles. The number of guanidine groups is 1. The van der Waals surface area contributed by atoms with Gasteiger partial charge in [-0.1, -0.05) is 17.7 Å². The molecule has 0 bridgehead atoms. The highest BCUT2D eigenvalue weighted by Gasteiger charge is 2.36. The standard InChI is InChI=1S/C13H18ClN5O2/c1-13(2,3)18-7-6-17(12(18)16-19(20)21)9-10-4-5-11(14)15-8-10/h4-5,8H,6-7,9H2,1-3H3/b16-12+. The zero-order valence-corrected chi connectivity index (χ0v) is 13.0. The van der Waals surface area contributed by atoms with Gasteiger partial charge in [0, 0.05) is 31.4 Å². The lowest BCUT2D eigenvalue weighted by Gasteiger charge is -2.32. The summed E-state index contributed by atoms with van der Waals surface area (Å²) in [5.41, 5.74) is 0.716. The highest BCUT2D eigenvalue weighted by atomic mass is 35.5. The van der Waals surface area contributed by atoms with Crippen LogP contribution in [0.1, 0.15) is 26.3 Å². The van der Waals surface area contributed by atoms with E-state index in [1.165, 1.54) is 0 Å². The van der Waals surface area contributed by atoms with Gasteiger partial charge in [0.1, 0.15) is 10.3 Å². The molecule has 0 spiro atoms. The lowest BCUT2D eigenvalue weighted by molar-refractivity contribution is -0.486. The van der Waals surface area contributed by atoms with Crippen LogP contribution in [0.15, 0.2) is 23.4 Å².